The fourth-order valence-electron chi connectivity index (χ4n) is 3.23. The predicted octanol–water partition coefficient (Wildman–Crippen LogP) is 4.36. The molecule has 1 atom stereocenters. The van der Waals surface area contributed by atoms with Crippen molar-refractivity contribution in [3.05, 3.63) is 60.6 Å². The quantitative estimate of drug-likeness (QED) is 0.396. The maximum Gasteiger partial charge on any atom is 0.123 e. The lowest BCUT2D eigenvalue weighted by Gasteiger charge is -2.14. The molecule has 3 rings (SSSR count). The number of hydrogen-bond acceptors (Lipinski definition) is 4. The minimum Gasteiger partial charge on any atom is -0.400 e. The van der Waals surface area contributed by atoms with Gasteiger partial charge in [0.05, 0.1) is 17.6 Å². The number of rotatable bonds is 8. The van der Waals surface area contributed by atoms with E-state index in [0.29, 0.717) is 12.2 Å². The summed E-state index contributed by atoms with van der Waals surface area (Å²) in [6.45, 7) is 7.37. The SMILES string of the molecule is C#CC(NCc1nc2ccc(-c3cccc(S)c3)cc2n1CCCC)C(=C)N. The number of hydrogen-bond donors (Lipinski definition) is 3. The highest BCUT2D eigenvalue weighted by molar-refractivity contribution is 7.80. The number of nitrogens with two attached hydrogens (primary N) is 1. The van der Waals surface area contributed by atoms with Crippen LogP contribution in [-0.2, 0) is 13.1 Å². The molecule has 5 heteroatoms. The molecule has 0 aliphatic rings. The molecule has 3 N–H and O–H groups in total. The average Bonchev–Trinajstić information content (AvgIpc) is 3.03. The van der Waals surface area contributed by atoms with Crippen LogP contribution in [-0.4, -0.2) is 15.6 Å². The van der Waals surface area contributed by atoms with Crippen LogP contribution in [0.2, 0.25) is 0 Å². The Kier molecular flexibility index (Phi) is 6.45. The van der Waals surface area contributed by atoms with E-state index in [1.165, 1.54) is 0 Å². The van der Waals surface area contributed by atoms with Crippen LogP contribution in [0.5, 0.6) is 0 Å². The summed E-state index contributed by atoms with van der Waals surface area (Å²) in [6.07, 6.45) is 7.73. The van der Waals surface area contributed by atoms with Gasteiger partial charge in [-0.1, -0.05) is 44.0 Å². The van der Waals surface area contributed by atoms with Gasteiger partial charge in [0.1, 0.15) is 11.9 Å². The molecule has 28 heavy (non-hydrogen) atoms. The van der Waals surface area contributed by atoms with Crippen molar-refractivity contribution in [3.8, 4) is 23.5 Å². The second kappa shape index (κ2) is 9.01. The van der Waals surface area contributed by atoms with Crippen LogP contribution in [0.1, 0.15) is 25.6 Å². The molecule has 144 valence electrons. The Morgan fingerprint density at radius 1 is 1.32 bits per heavy atom. The molecule has 1 heterocycles. The molecule has 0 aliphatic carbocycles. The molecule has 0 radical (unpaired) electrons. The second-order valence-electron chi connectivity index (χ2n) is 6.84. The summed E-state index contributed by atoms with van der Waals surface area (Å²) >= 11 is 4.46. The first-order valence-corrected chi connectivity index (χ1v) is 9.90. The number of terminal acetylenes is 1. The number of aryl methyl sites for hydroxylation is 1. The molecule has 0 saturated heterocycles. The van der Waals surface area contributed by atoms with Crippen LogP contribution < -0.4 is 11.1 Å². The Morgan fingerprint density at radius 2 is 2.11 bits per heavy atom. The van der Waals surface area contributed by atoms with E-state index >= 15 is 0 Å². The van der Waals surface area contributed by atoms with Gasteiger partial charge in [-0.2, -0.15) is 0 Å². The molecule has 0 spiro atoms. The van der Waals surface area contributed by atoms with Gasteiger partial charge in [0, 0.05) is 17.1 Å². The maximum atomic E-state index is 5.77. The number of nitrogens with one attached hydrogen (secondary N) is 1. The number of aromatic nitrogens is 2. The topological polar surface area (TPSA) is 55.9 Å². The van der Waals surface area contributed by atoms with E-state index in [2.05, 4.69) is 72.3 Å². The van der Waals surface area contributed by atoms with E-state index in [9.17, 15) is 0 Å². The molecule has 0 amide bonds. The summed E-state index contributed by atoms with van der Waals surface area (Å²) in [6, 6.07) is 14.2. The molecule has 4 nitrogen and oxygen atoms in total. The summed E-state index contributed by atoms with van der Waals surface area (Å²) in [7, 11) is 0. The van der Waals surface area contributed by atoms with Crippen molar-refractivity contribution in [1.29, 1.82) is 0 Å². The van der Waals surface area contributed by atoms with Gasteiger partial charge in [0.15, 0.2) is 0 Å². The lowest BCUT2D eigenvalue weighted by atomic mass is 10.1. The number of nitrogens with zero attached hydrogens (tertiary/aromatic N) is 2. The van der Waals surface area contributed by atoms with Gasteiger partial charge < -0.3 is 10.3 Å². The molecule has 0 bridgehead atoms. The highest BCUT2D eigenvalue weighted by Gasteiger charge is 2.14. The molecule has 1 aromatic heterocycles. The molecular weight excluding hydrogens is 364 g/mol. The van der Waals surface area contributed by atoms with Gasteiger partial charge in [-0.3, -0.25) is 5.32 Å². The number of unbranched alkanes of at least 4 members (excludes halogenated alkanes) is 1. The fraction of sp³-hybridized carbons (Fsp3) is 0.261. The fourth-order valence-corrected chi connectivity index (χ4v) is 3.45. The molecule has 0 saturated carbocycles. The van der Waals surface area contributed by atoms with Crippen molar-refractivity contribution < 1.29 is 0 Å². The Hall–Kier alpha value is -2.68. The zero-order valence-electron chi connectivity index (χ0n) is 16.2. The number of benzene rings is 2. The Balaban J connectivity index is 1.99. The first-order chi connectivity index (χ1) is 13.5. The van der Waals surface area contributed by atoms with Crippen molar-refractivity contribution in [3.63, 3.8) is 0 Å². The van der Waals surface area contributed by atoms with Crippen molar-refractivity contribution >= 4 is 23.7 Å². The predicted molar refractivity (Wildman–Crippen MR) is 120 cm³/mol. The van der Waals surface area contributed by atoms with Crippen LogP contribution in [0.3, 0.4) is 0 Å². The van der Waals surface area contributed by atoms with Crippen LogP contribution in [0.15, 0.2) is 59.6 Å². The van der Waals surface area contributed by atoms with Gasteiger partial charge >= 0.3 is 0 Å². The Labute approximate surface area is 172 Å². The van der Waals surface area contributed by atoms with E-state index in [-0.39, 0.29) is 6.04 Å². The van der Waals surface area contributed by atoms with Crippen molar-refractivity contribution in [2.45, 2.75) is 43.8 Å². The number of fused-ring (bicyclic) bond motifs is 1. The van der Waals surface area contributed by atoms with Gasteiger partial charge in [-0.15, -0.1) is 19.1 Å². The zero-order valence-corrected chi connectivity index (χ0v) is 17.0. The van der Waals surface area contributed by atoms with E-state index in [4.69, 9.17) is 17.1 Å². The lowest BCUT2D eigenvalue weighted by molar-refractivity contribution is 0.572. The summed E-state index contributed by atoms with van der Waals surface area (Å²) in [5, 5.41) is 3.26. The van der Waals surface area contributed by atoms with Crippen molar-refractivity contribution in [2.75, 3.05) is 0 Å². The lowest BCUT2D eigenvalue weighted by Crippen LogP contribution is -2.32. The largest absolute Gasteiger partial charge is 0.400 e. The van der Waals surface area contributed by atoms with Crippen LogP contribution in [0, 0.1) is 12.3 Å². The standard InChI is InChI=1S/C23H26N4S/c1-4-6-12-27-22-14-18(17-8-7-9-19(28)13-17)10-11-21(22)26-23(27)15-25-20(5-2)16(3)24/h2,7-11,13-14,20,25,28H,3-4,6,12,15,24H2,1H3. The third kappa shape index (κ3) is 4.41. The van der Waals surface area contributed by atoms with Gasteiger partial charge in [-0.05, 0) is 41.8 Å². The van der Waals surface area contributed by atoms with E-state index in [1.807, 2.05) is 12.1 Å². The molecule has 1 unspecified atom stereocenters. The third-order valence-corrected chi connectivity index (χ3v) is 5.02. The normalized spacial score (nSPS) is 12.0. The summed E-state index contributed by atoms with van der Waals surface area (Å²) in [5.41, 5.74) is 10.6. The second-order valence-corrected chi connectivity index (χ2v) is 7.36. The summed E-state index contributed by atoms with van der Waals surface area (Å²) in [5.74, 6) is 3.57. The van der Waals surface area contributed by atoms with E-state index in [1.54, 1.807) is 0 Å². The first kappa shape index (κ1) is 20.1. The molecule has 2 aromatic carbocycles. The van der Waals surface area contributed by atoms with Gasteiger partial charge in [0.2, 0.25) is 0 Å². The van der Waals surface area contributed by atoms with Crippen molar-refractivity contribution in [1.82, 2.24) is 14.9 Å². The van der Waals surface area contributed by atoms with Gasteiger partial charge in [0.25, 0.3) is 0 Å². The van der Waals surface area contributed by atoms with E-state index in [0.717, 1.165) is 52.3 Å². The highest BCUT2D eigenvalue weighted by atomic mass is 32.1. The number of imidazole rings is 1. The zero-order chi connectivity index (χ0) is 20.1. The van der Waals surface area contributed by atoms with Crippen LogP contribution in [0.25, 0.3) is 22.2 Å². The Bertz CT molecular complexity index is 1030. The molecule has 3 aromatic rings. The first-order valence-electron chi connectivity index (χ1n) is 9.45. The van der Waals surface area contributed by atoms with Gasteiger partial charge in [-0.25, -0.2) is 4.98 Å². The average molecular weight is 391 g/mol. The smallest absolute Gasteiger partial charge is 0.123 e. The Morgan fingerprint density at radius 3 is 2.79 bits per heavy atom. The third-order valence-electron chi connectivity index (χ3n) is 4.74. The summed E-state index contributed by atoms with van der Waals surface area (Å²) < 4.78 is 2.27. The highest BCUT2D eigenvalue weighted by Crippen LogP contribution is 2.27. The number of thiol groups is 1. The molecule has 0 aliphatic heterocycles. The minimum absolute atomic E-state index is 0.367. The van der Waals surface area contributed by atoms with Crippen LogP contribution in [0.4, 0.5) is 0 Å². The molecular formula is C23H26N4S. The maximum absolute atomic E-state index is 5.77. The van der Waals surface area contributed by atoms with E-state index < -0.39 is 0 Å². The van der Waals surface area contributed by atoms with Crippen molar-refractivity contribution in [2.24, 2.45) is 5.73 Å². The van der Waals surface area contributed by atoms with Crippen LogP contribution >= 0.6 is 12.6 Å². The molecule has 0 fully saturated rings. The minimum atomic E-state index is -0.367. The summed E-state index contributed by atoms with van der Waals surface area (Å²) in [4.78, 5) is 5.78. The monoisotopic (exact) mass is 390 g/mol.